The summed E-state index contributed by atoms with van der Waals surface area (Å²) >= 11 is 12.6. The number of benzene rings is 2. The summed E-state index contributed by atoms with van der Waals surface area (Å²) < 4.78 is 27.3. The third kappa shape index (κ3) is 3.18. The molecule has 0 spiro atoms. The Labute approximate surface area is 132 Å². The van der Waals surface area contributed by atoms with Gasteiger partial charge < -0.3 is 0 Å². The standard InChI is InChI=1S/C14H9Br2ClF2/c1-7-4-9(11(17)6-12(7)18)14(16)8-2-3-10(15)13(19)5-8/h2-6,14H,1H3. The predicted octanol–water partition coefficient (Wildman–Crippen LogP) is 6.17. The Morgan fingerprint density at radius 2 is 1.79 bits per heavy atom. The zero-order chi connectivity index (χ0) is 14.2. The molecule has 1 atom stereocenters. The Kier molecular flexibility index (Phi) is 4.64. The average Bonchev–Trinajstić information content (AvgIpc) is 2.36. The molecule has 0 bridgehead atoms. The molecule has 100 valence electrons. The maximum absolute atomic E-state index is 13.5. The van der Waals surface area contributed by atoms with E-state index in [1.807, 2.05) is 0 Å². The molecule has 0 aliphatic rings. The summed E-state index contributed by atoms with van der Waals surface area (Å²) in [5, 5.41) is 0.313. The van der Waals surface area contributed by atoms with Crippen LogP contribution in [0, 0.1) is 18.6 Å². The minimum Gasteiger partial charge on any atom is -0.207 e. The predicted molar refractivity (Wildman–Crippen MR) is 81.0 cm³/mol. The van der Waals surface area contributed by atoms with Gasteiger partial charge >= 0.3 is 0 Å². The highest BCUT2D eigenvalue weighted by Gasteiger charge is 2.17. The van der Waals surface area contributed by atoms with Crippen molar-refractivity contribution in [3.8, 4) is 0 Å². The molecular weight excluding hydrogens is 401 g/mol. The van der Waals surface area contributed by atoms with Gasteiger partial charge in [0.25, 0.3) is 0 Å². The van der Waals surface area contributed by atoms with Crippen LogP contribution >= 0.6 is 43.5 Å². The second-order valence-corrected chi connectivity index (χ2v) is 6.34. The summed E-state index contributed by atoms with van der Waals surface area (Å²) in [5.41, 5.74) is 1.93. The van der Waals surface area contributed by atoms with Gasteiger partial charge in [-0.05, 0) is 57.7 Å². The summed E-state index contributed by atoms with van der Waals surface area (Å²) in [6.07, 6.45) is 0. The van der Waals surface area contributed by atoms with Crippen LogP contribution < -0.4 is 0 Å². The van der Waals surface area contributed by atoms with Gasteiger partial charge in [-0.3, -0.25) is 0 Å². The van der Waals surface area contributed by atoms with Crippen LogP contribution in [0.4, 0.5) is 8.78 Å². The van der Waals surface area contributed by atoms with E-state index in [-0.39, 0.29) is 16.5 Å². The number of aryl methyl sites for hydroxylation is 1. The lowest BCUT2D eigenvalue weighted by molar-refractivity contribution is 0.616. The van der Waals surface area contributed by atoms with Crippen LogP contribution in [0.5, 0.6) is 0 Å². The summed E-state index contributed by atoms with van der Waals surface area (Å²) in [6.45, 7) is 1.66. The molecule has 0 nitrogen and oxygen atoms in total. The molecular formula is C14H9Br2ClF2. The van der Waals surface area contributed by atoms with Gasteiger partial charge in [-0.2, -0.15) is 0 Å². The third-order valence-electron chi connectivity index (χ3n) is 2.79. The van der Waals surface area contributed by atoms with Crippen molar-refractivity contribution >= 4 is 43.5 Å². The summed E-state index contributed by atoms with van der Waals surface area (Å²) in [5.74, 6) is -0.702. The second-order valence-electron chi connectivity index (χ2n) is 4.16. The summed E-state index contributed by atoms with van der Waals surface area (Å²) in [6, 6.07) is 7.76. The normalized spacial score (nSPS) is 12.5. The fourth-order valence-electron chi connectivity index (χ4n) is 1.72. The van der Waals surface area contributed by atoms with Gasteiger partial charge in [-0.15, -0.1) is 0 Å². The van der Waals surface area contributed by atoms with E-state index in [4.69, 9.17) is 11.6 Å². The van der Waals surface area contributed by atoms with E-state index < -0.39 is 0 Å². The molecule has 2 aromatic carbocycles. The highest BCUT2D eigenvalue weighted by molar-refractivity contribution is 9.10. The largest absolute Gasteiger partial charge is 0.207 e. The minimum atomic E-state index is -0.351. The molecule has 0 aliphatic heterocycles. The Bertz CT molecular complexity index is 629. The van der Waals surface area contributed by atoms with Gasteiger partial charge in [0.2, 0.25) is 0 Å². The van der Waals surface area contributed by atoms with Crippen molar-refractivity contribution in [2.45, 2.75) is 11.8 Å². The first-order valence-corrected chi connectivity index (χ1v) is 7.53. The molecule has 0 saturated carbocycles. The topological polar surface area (TPSA) is 0 Å². The molecule has 2 rings (SSSR count). The summed E-state index contributed by atoms with van der Waals surface area (Å²) in [7, 11) is 0. The lowest BCUT2D eigenvalue weighted by atomic mass is 10.0. The fourth-order valence-corrected chi connectivity index (χ4v) is 3.02. The third-order valence-corrected chi connectivity index (χ3v) is 4.78. The van der Waals surface area contributed by atoms with Gasteiger partial charge in [-0.25, -0.2) is 8.78 Å². The first-order chi connectivity index (χ1) is 8.90. The molecule has 19 heavy (non-hydrogen) atoms. The van der Waals surface area contributed by atoms with Crippen LogP contribution in [0.15, 0.2) is 34.8 Å². The number of hydrogen-bond donors (Lipinski definition) is 0. The van der Waals surface area contributed by atoms with Crippen molar-refractivity contribution in [2.75, 3.05) is 0 Å². The minimum absolute atomic E-state index is 0.290. The van der Waals surface area contributed by atoms with Gasteiger partial charge in [0.1, 0.15) is 11.6 Å². The Hall–Kier alpha value is -0.450. The molecule has 0 N–H and O–H groups in total. The molecule has 0 amide bonds. The monoisotopic (exact) mass is 408 g/mol. The van der Waals surface area contributed by atoms with Gasteiger partial charge in [-0.1, -0.05) is 39.7 Å². The van der Waals surface area contributed by atoms with Crippen LogP contribution in [-0.2, 0) is 0 Å². The van der Waals surface area contributed by atoms with Crippen LogP contribution in [-0.4, -0.2) is 0 Å². The molecule has 0 aromatic heterocycles. The molecule has 0 saturated heterocycles. The fraction of sp³-hybridized carbons (Fsp3) is 0.143. The maximum Gasteiger partial charge on any atom is 0.137 e. The number of alkyl halides is 1. The lowest BCUT2D eigenvalue weighted by Gasteiger charge is -2.14. The first kappa shape index (κ1) is 14.9. The van der Waals surface area contributed by atoms with E-state index in [9.17, 15) is 8.78 Å². The number of hydrogen-bond acceptors (Lipinski definition) is 0. The molecule has 0 fully saturated rings. The number of halogens is 5. The highest BCUT2D eigenvalue weighted by Crippen LogP contribution is 2.37. The van der Waals surface area contributed by atoms with Gasteiger partial charge in [0, 0.05) is 5.02 Å². The highest BCUT2D eigenvalue weighted by atomic mass is 79.9. The molecule has 0 radical (unpaired) electrons. The van der Waals surface area contributed by atoms with Crippen molar-refractivity contribution in [2.24, 2.45) is 0 Å². The van der Waals surface area contributed by atoms with E-state index in [0.717, 1.165) is 0 Å². The summed E-state index contributed by atoms with van der Waals surface area (Å²) in [4.78, 5) is -0.290. The van der Waals surface area contributed by atoms with Gasteiger partial charge in [0.05, 0.1) is 9.30 Å². The first-order valence-electron chi connectivity index (χ1n) is 5.44. The number of rotatable bonds is 2. The van der Waals surface area contributed by atoms with Crippen LogP contribution in [0.2, 0.25) is 5.02 Å². The lowest BCUT2D eigenvalue weighted by Crippen LogP contribution is -1.97. The molecule has 0 aliphatic carbocycles. The van der Waals surface area contributed by atoms with Crippen molar-refractivity contribution in [3.05, 3.63) is 68.2 Å². The Balaban J connectivity index is 2.46. The molecule has 1 unspecified atom stereocenters. The Morgan fingerprint density at radius 3 is 2.42 bits per heavy atom. The average molecular weight is 410 g/mol. The van der Waals surface area contributed by atoms with E-state index in [2.05, 4.69) is 31.9 Å². The Morgan fingerprint density at radius 1 is 1.11 bits per heavy atom. The molecule has 2 aromatic rings. The van der Waals surface area contributed by atoms with E-state index in [0.29, 0.717) is 26.2 Å². The van der Waals surface area contributed by atoms with Crippen LogP contribution in [0.25, 0.3) is 0 Å². The van der Waals surface area contributed by atoms with E-state index in [1.54, 1.807) is 25.1 Å². The maximum atomic E-state index is 13.5. The van der Waals surface area contributed by atoms with E-state index >= 15 is 0 Å². The quantitative estimate of drug-likeness (QED) is 0.519. The SMILES string of the molecule is Cc1cc(C(Br)c2ccc(Br)c(F)c2)c(Cl)cc1F. The van der Waals surface area contributed by atoms with Crippen molar-refractivity contribution in [1.82, 2.24) is 0 Å². The zero-order valence-corrected chi connectivity index (χ0v) is 13.8. The van der Waals surface area contributed by atoms with Crippen LogP contribution in [0.3, 0.4) is 0 Å². The van der Waals surface area contributed by atoms with Crippen molar-refractivity contribution < 1.29 is 8.78 Å². The zero-order valence-electron chi connectivity index (χ0n) is 9.85. The smallest absolute Gasteiger partial charge is 0.137 e. The molecule has 5 heteroatoms. The van der Waals surface area contributed by atoms with Gasteiger partial charge in [0.15, 0.2) is 0 Å². The van der Waals surface area contributed by atoms with Crippen molar-refractivity contribution in [1.29, 1.82) is 0 Å². The van der Waals surface area contributed by atoms with Crippen LogP contribution in [0.1, 0.15) is 21.5 Å². The molecule has 0 heterocycles. The van der Waals surface area contributed by atoms with E-state index in [1.165, 1.54) is 12.1 Å². The second kappa shape index (κ2) is 5.90. The van der Waals surface area contributed by atoms with Crippen molar-refractivity contribution in [3.63, 3.8) is 0 Å².